The van der Waals surface area contributed by atoms with Gasteiger partial charge in [0.05, 0.1) is 12.7 Å². The van der Waals surface area contributed by atoms with Crippen LogP contribution in [0, 0.1) is 0 Å². The second-order valence-electron chi connectivity index (χ2n) is 4.62. The van der Waals surface area contributed by atoms with Crippen molar-refractivity contribution < 1.29 is 9.84 Å². The summed E-state index contributed by atoms with van der Waals surface area (Å²) in [6, 6.07) is 4.19. The van der Waals surface area contributed by atoms with Crippen LogP contribution >= 0.6 is 0 Å². The Kier molecular flexibility index (Phi) is 3.97. The van der Waals surface area contributed by atoms with Gasteiger partial charge in [-0.2, -0.15) is 0 Å². The Bertz CT molecular complexity index is 382. The fourth-order valence-corrected chi connectivity index (χ4v) is 2.28. The molecule has 0 bridgehead atoms. The van der Waals surface area contributed by atoms with Gasteiger partial charge in [0.15, 0.2) is 0 Å². The molecule has 1 aliphatic rings. The lowest BCUT2D eigenvalue weighted by Gasteiger charge is -2.21. The number of hydrogen-bond acceptors (Lipinski definition) is 4. The van der Waals surface area contributed by atoms with Gasteiger partial charge in [0, 0.05) is 26.4 Å². The van der Waals surface area contributed by atoms with E-state index in [4.69, 9.17) is 4.74 Å². The molecule has 17 heavy (non-hydrogen) atoms. The largest absolute Gasteiger partial charge is 0.389 e. The van der Waals surface area contributed by atoms with Gasteiger partial charge in [-0.25, -0.2) is 4.98 Å². The van der Waals surface area contributed by atoms with Crippen molar-refractivity contribution in [1.29, 1.82) is 0 Å². The summed E-state index contributed by atoms with van der Waals surface area (Å²) >= 11 is 0. The number of rotatable bonds is 5. The third kappa shape index (κ3) is 2.96. The second kappa shape index (κ2) is 5.47. The highest BCUT2D eigenvalue weighted by atomic mass is 16.5. The number of anilines is 1. The summed E-state index contributed by atoms with van der Waals surface area (Å²) in [5.74, 6) is 0.931. The third-order valence-electron chi connectivity index (χ3n) is 3.15. The molecule has 1 aromatic rings. The van der Waals surface area contributed by atoms with Crippen molar-refractivity contribution in [2.75, 3.05) is 32.2 Å². The zero-order valence-corrected chi connectivity index (χ0v) is 10.5. The van der Waals surface area contributed by atoms with Crippen molar-refractivity contribution >= 4 is 5.82 Å². The minimum atomic E-state index is -0.472. The molecule has 0 aliphatic heterocycles. The maximum atomic E-state index is 9.68. The summed E-state index contributed by atoms with van der Waals surface area (Å²) in [5.41, 5.74) is 2.59. The molecular weight excluding hydrogens is 216 g/mol. The number of ether oxygens (including phenoxy) is 1. The van der Waals surface area contributed by atoms with Crippen LogP contribution in [-0.2, 0) is 17.6 Å². The molecule has 4 heteroatoms. The number of likely N-dealkylation sites (N-methyl/N-ethyl adjacent to an activating group) is 1. The molecule has 1 atom stereocenters. The van der Waals surface area contributed by atoms with Gasteiger partial charge in [-0.1, -0.05) is 6.07 Å². The van der Waals surface area contributed by atoms with Crippen molar-refractivity contribution in [2.24, 2.45) is 0 Å². The first-order valence-corrected chi connectivity index (χ1v) is 6.07. The van der Waals surface area contributed by atoms with Crippen molar-refractivity contribution in [1.82, 2.24) is 4.98 Å². The van der Waals surface area contributed by atoms with Crippen LogP contribution in [0.25, 0.3) is 0 Å². The van der Waals surface area contributed by atoms with E-state index < -0.39 is 6.10 Å². The van der Waals surface area contributed by atoms with Crippen LogP contribution in [0.5, 0.6) is 0 Å². The van der Waals surface area contributed by atoms with Crippen LogP contribution in [0.4, 0.5) is 5.82 Å². The molecule has 0 aromatic carbocycles. The molecule has 1 N–H and O–H groups in total. The van der Waals surface area contributed by atoms with Gasteiger partial charge >= 0.3 is 0 Å². The van der Waals surface area contributed by atoms with Crippen molar-refractivity contribution in [3.63, 3.8) is 0 Å². The zero-order valence-electron chi connectivity index (χ0n) is 10.5. The van der Waals surface area contributed by atoms with Gasteiger partial charge in [-0.15, -0.1) is 0 Å². The highest BCUT2D eigenvalue weighted by Crippen LogP contribution is 2.22. The van der Waals surface area contributed by atoms with Crippen LogP contribution in [0.1, 0.15) is 17.7 Å². The smallest absolute Gasteiger partial charge is 0.128 e. The summed E-state index contributed by atoms with van der Waals surface area (Å²) < 4.78 is 4.92. The molecule has 1 heterocycles. The number of fused-ring (bicyclic) bond motifs is 1. The van der Waals surface area contributed by atoms with Crippen molar-refractivity contribution in [3.05, 3.63) is 23.4 Å². The van der Waals surface area contributed by atoms with Crippen molar-refractivity contribution in [3.8, 4) is 0 Å². The molecule has 1 aliphatic carbocycles. The van der Waals surface area contributed by atoms with E-state index in [0.29, 0.717) is 13.2 Å². The number of aliphatic hydroxyl groups excluding tert-OH is 1. The summed E-state index contributed by atoms with van der Waals surface area (Å²) in [7, 11) is 3.54. The van der Waals surface area contributed by atoms with E-state index in [2.05, 4.69) is 11.1 Å². The average molecular weight is 236 g/mol. The fourth-order valence-electron chi connectivity index (χ4n) is 2.28. The van der Waals surface area contributed by atoms with Gasteiger partial charge in [0.25, 0.3) is 0 Å². The Morgan fingerprint density at radius 3 is 3.06 bits per heavy atom. The van der Waals surface area contributed by atoms with E-state index in [-0.39, 0.29) is 0 Å². The maximum absolute atomic E-state index is 9.68. The van der Waals surface area contributed by atoms with Gasteiger partial charge in [0.2, 0.25) is 0 Å². The summed E-state index contributed by atoms with van der Waals surface area (Å²) in [6.07, 6.45) is 2.97. The third-order valence-corrected chi connectivity index (χ3v) is 3.15. The first-order chi connectivity index (χ1) is 8.20. The van der Waals surface area contributed by atoms with Crippen LogP contribution in [0.2, 0.25) is 0 Å². The van der Waals surface area contributed by atoms with E-state index in [0.717, 1.165) is 18.7 Å². The minimum absolute atomic E-state index is 0.356. The monoisotopic (exact) mass is 236 g/mol. The van der Waals surface area contributed by atoms with Crippen LogP contribution in [0.3, 0.4) is 0 Å². The molecular formula is C13H20N2O2. The normalized spacial score (nSPS) is 15.7. The first-order valence-electron chi connectivity index (χ1n) is 6.07. The topological polar surface area (TPSA) is 45.6 Å². The number of aromatic nitrogens is 1. The molecule has 0 radical (unpaired) electrons. The van der Waals surface area contributed by atoms with E-state index in [1.165, 1.54) is 17.7 Å². The molecule has 0 spiro atoms. The molecule has 0 amide bonds. The number of methoxy groups -OCH3 is 1. The molecule has 2 rings (SSSR count). The van der Waals surface area contributed by atoms with E-state index in [9.17, 15) is 5.11 Å². The minimum Gasteiger partial charge on any atom is -0.389 e. The molecule has 1 unspecified atom stereocenters. The highest BCUT2D eigenvalue weighted by molar-refractivity contribution is 5.42. The number of aliphatic hydroxyl groups is 1. The summed E-state index contributed by atoms with van der Waals surface area (Å²) in [6.45, 7) is 0.898. The predicted molar refractivity (Wildman–Crippen MR) is 67.4 cm³/mol. The van der Waals surface area contributed by atoms with Gasteiger partial charge < -0.3 is 14.7 Å². The Morgan fingerprint density at radius 1 is 1.47 bits per heavy atom. The summed E-state index contributed by atoms with van der Waals surface area (Å²) in [5, 5.41) is 9.68. The van der Waals surface area contributed by atoms with E-state index >= 15 is 0 Å². The Labute approximate surface area is 102 Å². The van der Waals surface area contributed by atoms with Crippen molar-refractivity contribution in [2.45, 2.75) is 25.4 Å². The molecule has 0 fully saturated rings. The Hall–Kier alpha value is -1.13. The lowest BCUT2D eigenvalue weighted by Crippen LogP contribution is -2.32. The average Bonchev–Trinajstić information content (AvgIpc) is 2.75. The molecule has 4 nitrogen and oxygen atoms in total. The first kappa shape index (κ1) is 12.3. The Morgan fingerprint density at radius 2 is 2.29 bits per heavy atom. The van der Waals surface area contributed by atoms with Gasteiger partial charge in [-0.3, -0.25) is 0 Å². The SMILES string of the molecule is COCC(O)CN(C)c1ccc2c(n1)CCC2. The predicted octanol–water partition coefficient (Wildman–Crippen LogP) is 1.01. The van der Waals surface area contributed by atoms with Gasteiger partial charge in [-0.05, 0) is 30.9 Å². The number of pyridine rings is 1. The van der Waals surface area contributed by atoms with Gasteiger partial charge in [0.1, 0.15) is 5.82 Å². The standard InChI is InChI=1S/C13H20N2O2/c1-15(8-11(16)9-17-2)13-7-6-10-4-3-5-12(10)14-13/h6-7,11,16H,3-5,8-9H2,1-2H3. The van der Waals surface area contributed by atoms with Crippen LogP contribution < -0.4 is 4.90 Å². The lowest BCUT2D eigenvalue weighted by atomic mass is 10.2. The summed E-state index contributed by atoms with van der Waals surface area (Å²) in [4.78, 5) is 6.61. The molecule has 0 saturated carbocycles. The molecule has 94 valence electrons. The lowest BCUT2D eigenvalue weighted by molar-refractivity contribution is 0.0694. The van der Waals surface area contributed by atoms with E-state index in [1.807, 2.05) is 18.0 Å². The molecule has 0 saturated heterocycles. The number of nitrogens with zero attached hydrogens (tertiary/aromatic N) is 2. The van der Waals surface area contributed by atoms with E-state index in [1.54, 1.807) is 7.11 Å². The molecule has 1 aromatic heterocycles. The fraction of sp³-hybridized carbons (Fsp3) is 0.615. The zero-order chi connectivity index (χ0) is 12.3. The Balaban J connectivity index is 2.01. The number of hydrogen-bond donors (Lipinski definition) is 1. The highest BCUT2D eigenvalue weighted by Gasteiger charge is 2.15. The van der Waals surface area contributed by atoms with Crippen LogP contribution in [0.15, 0.2) is 12.1 Å². The quantitative estimate of drug-likeness (QED) is 0.829. The second-order valence-corrected chi connectivity index (χ2v) is 4.62. The van der Waals surface area contributed by atoms with Crippen LogP contribution in [-0.4, -0.2) is 43.5 Å². The maximum Gasteiger partial charge on any atom is 0.128 e. The number of aryl methyl sites for hydroxylation is 2.